The first-order valence-corrected chi connectivity index (χ1v) is 16.7. The third-order valence-electron chi connectivity index (χ3n) is 9.98. The summed E-state index contributed by atoms with van der Waals surface area (Å²) >= 11 is 4.22. The Morgan fingerprint density at radius 3 is 2.49 bits per heavy atom. The van der Waals surface area contributed by atoms with Gasteiger partial charge in [-0.05, 0) is 74.1 Å². The van der Waals surface area contributed by atoms with Gasteiger partial charge in [0.05, 0.1) is 41.3 Å². The van der Waals surface area contributed by atoms with E-state index in [0.717, 1.165) is 68.5 Å². The van der Waals surface area contributed by atoms with Crippen molar-refractivity contribution in [2.75, 3.05) is 19.4 Å². The number of amides is 1. The molecule has 5 heterocycles. The standard InChI is InChI=1S/C37H41N5O4S/c1-8-21-17(3)24-14-26-19(5)23(10-11-30(43)38-12-13-47)34(41-26)32-33(37(45)46-7)36(44)31-20(6)27(42-35(31)32)16-29-22(9-2)18(4)25(40-29)15-28(21)39-24/h8,14-16,19,23,33,41,44,47H,1,9-13H2,2-7H3,(H,38,43)/t19-,23-,33+/m0/s1. The van der Waals surface area contributed by atoms with Crippen LogP contribution in [0.4, 0.5) is 0 Å². The Morgan fingerprint density at radius 1 is 1.09 bits per heavy atom. The van der Waals surface area contributed by atoms with Crippen LogP contribution in [0.1, 0.15) is 53.9 Å². The zero-order valence-electron chi connectivity index (χ0n) is 27.7. The normalized spacial score (nSPS) is 24.7. The van der Waals surface area contributed by atoms with E-state index in [1.807, 2.05) is 38.2 Å². The van der Waals surface area contributed by atoms with Crippen molar-refractivity contribution in [1.82, 2.24) is 10.6 Å². The van der Waals surface area contributed by atoms with Gasteiger partial charge in [0.2, 0.25) is 5.91 Å². The number of rotatable bonds is 8. The molecule has 6 aliphatic rings. The largest absolute Gasteiger partial charge is 0.510 e. The fraction of sp³-hybridized carbons (Fsp3) is 0.378. The van der Waals surface area contributed by atoms with Gasteiger partial charge in [-0.3, -0.25) is 9.59 Å². The predicted octanol–water partition coefficient (Wildman–Crippen LogP) is 6.07. The van der Waals surface area contributed by atoms with Crippen molar-refractivity contribution in [2.45, 2.75) is 53.9 Å². The number of thiol groups is 1. The third-order valence-corrected chi connectivity index (χ3v) is 10.2. The molecule has 1 amide bonds. The molecule has 3 atom stereocenters. The summed E-state index contributed by atoms with van der Waals surface area (Å²) in [6.07, 6.45) is 9.43. The summed E-state index contributed by atoms with van der Waals surface area (Å²) in [6.45, 7) is 14.8. The summed E-state index contributed by atoms with van der Waals surface area (Å²) in [5, 5.41) is 18.2. The van der Waals surface area contributed by atoms with Crippen LogP contribution in [0, 0.1) is 17.8 Å². The van der Waals surface area contributed by atoms with Crippen LogP contribution in [0.15, 0.2) is 119 Å². The van der Waals surface area contributed by atoms with E-state index in [0.29, 0.717) is 41.3 Å². The number of aliphatic hydroxyl groups excluding tert-OH is 1. The molecule has 0 radical (unpaired) electrons. The molecule has 1 saturated heterocycles. The number of aliphatic hydroxyl groups is 1. The van der Waals surface area contributed by atoms with Crippen molar-refractivity contribution in [1.29, 1.82) is 0 Å². The van der Waals surface area contributed by atoms with Crippen LogP contribution >= 0.6 is 12.6 Å². The number of fused-ring (bicyclic) bond motifs is 5. The van der Waals surface area contributed by atoms with Crippen molar-refractivity contribution in [3.8, 4) is 0 Å². The summed E-state index contributed by atoms with van der Waals surface area (Å²) in [5.41, 5.74) is 12.1. The fourth-order valence-corrected chi connectivity index (χ4v) is 7.46. The minimum Gasteiger partial charge on any atom is -0.510 e. The molecule has 0 saturated carbocycles. The van der Waals surface area contributed by atoms with Gasteiger partial charge in [0, 0.05) is 58.7 Å². The molecule has 6 rings (SSSR count). The summed E-state index contributed by atoms with van der Waals surface area (Å²) < 4.78 is 5.23. The number of nitrogens with zero attached hydrogens (tertiary/aromatic N) is 3. The smallest absolute Gasteiger partial charge is 0.321 e. The molecular formula is C37H41N5O4S. The first kappa shape index (κ1) is 32.5. The molecule has 0 aromatic rings. The van der Waals surface area contributed by atoms with Gasteiger partial charge >= 0.3 is 5.97 Å². The molecule has 8 bridgehead atoms. The number of esters is 1. The van der Waals surface area contributed by atoms with E-state index in [-0.39, 0.29) is 29.9 Å². The van der Waals surface area contributed by atoms with Gasteiger partial charge in [-0.2, -0.15) is 12.6 Å². The zero-order valence-corrected chi connectivity index (χ0v) is 28.6. The minimum atomic E-state index is -1.05. The van der Waals surface area contributed by atoms with Crippen LogP contribution in [-0.4, -0.2) is 53.5 Å². The molecule has 1 fully saturated rings. The van der Waals surface area contributed by atoms with E-state index < -0.39 is 11.9 Å². The van der Waals surface area contributed by atoms with Gasteiger partial charge in [-0.15, -0.1) is 0 Å². The molecule has 9 nitrogen and oxygen atoms in total. The van der Waals surface area contributed by atoms with E-state index in [1.165, 1.54) is 7.11 Å². The molecule has 0 aromatic heterocycles. The summed E-state index contributed by atoms with van der Waals surface area (Å²) in [5.74, 6) is -1.47. The van der Waals surface area contributed by atoms with Crippen LogP contribution in [0.5, 0.6) is 0 Å². The Morgan fingerprint density at radius 2 is 1.81 bits per heavy atom. The number of allylic oxidation sites excluding steroid dienone is 11. The van der Waals surface area contributed by atoms with Gasteiger partial charge in [0.15, 0.2) is 0 Å². The molecule has 1 aliphatic carbocycles. The Balaban J connectivity index is 1.61. The molecule has 0 spiro atoms. The highest BCUT2D eigenvalue weighted by Gasteiger charge is 2.49. The Hall–Kier alpha value is -4.44. The molecule has 10 heteroatoms. The quantitative estimate of drug-likeness (QED) is 0.187. The van der Waals surface area contributed by atoms with Crippen molar-refractivity contribution < 1.29 is 19.4 Å². The number of hydrogen-bond acceptors (Lipinski definition) is 9. The third kappa shape index (κ3) is 5.32. The van der Waals surface area contributed by atoms with Gasteiger partial charge < -0.3 is 20.5 Å². The number of carbonyl (C=O) groups excluding carboxylic acids is 2. The van der Waals surface area contributed by atoms with E-state index in [9.17, 15) is 14.7 Å². The van der Waals surface area contributed by atoms with Crippen LogP contribution in [0.3, 0.4) is 0 Å². The molecule has 0 unspecified atom stereocenters. The van der Waals surface area contributed by atoms with Crippen LogP contribution in [0.25, 0.3) is 0 Å². The number of carbonyl (C=O) groups is 2. The lowest BCUT2D eigenvalue weighted by atomic mass is 9.84. The Bertz CT molecular complexity index is 1870. The van der Waals surface area contributed by atoms with Crippen LogP contribution in [0.2, 0.25) is 0 Å². The zero-order chi connectivity index (χ0) is 33.7. The number of ether oxygens (including phenoxy) is 1. The van der Waals surface area contributed by atoms with Crippen molar-refractivity contribution >= 4 is 41.6 Å². The van der Waals surface area contributed by atoms with E-state index in [1.54, 1.807) is 0 Å². The van der Waals surface area contributed by atoms with E-state index in [2.05, 4.69) is 50.6 Å². The molecular weight excluding hydrogens is 611 g/mol. The second-order valence-electron chi connectivity index (χ2n) is 12.5. The van der Waals surface area contributed by atoms with Crippen molar-refractivity contribution in [2.24, 2.45) is 32.7 Å². The summed E-state index contributed by atoms with van der Waals surface area (Å²) in [4.78, 5) is 41.3. The number of methoxy groups -OCH3 is 1. The molecule has 244 valence electrons. The molecule has 5 aliphatic heterocycles. The van der Waals surface area contributed by atoms with Crippen molar-refractivity contribution in [3.63, 3.8) is 0 Å². The first-order valence-electron chi connectivity index (χ1n) is 16.1. The van der Waals surface area contributed by atoms with E-state index >= 15 is 0 Å². The lowest BCUT2D eigenvalue weighted by Gasteiger charge is -2.20. The lowest BCUT2D eigenvalue weighted by Crippen LogP contribution is -2.27. The average molecular weight is 652 g/mol. The minimum absolute atomic E-state index is 0.0654. The maximum absolute atomic E-state index is 13.4. The maximum Gasteiger partial charge on any atom is 0.321 e. The highest BCUT2D eigenvalue weighted by Crippen LogP contribution is 2.49. The van der Waals surface area contributed by atoms with Gasteiger partial charge in [-0.25, -0.2) is 15.0 Å². The highest BCUT2D eigenvalue weighted by molar-refractivity contribution is 7.80. The second kappa shape index (κ2) is 12.6. The number of hydrogen-bond donors (Lipinski definition) is 4. The summed E-state index contributed by atoms with van der Waals surface area (Å²) in [6, 6.07) is 0. The monoisotopic (exact) mass is 651 g/mol. The van der Waals surface area contributed by atoms with E-state index in [4.69, 9.17) is 19.7 Å². The summed E-state index contributed by atoms with van der Waals surface area (Å²) in [7, 11) is 1.32. The maximum atomic E-state index is 13.4. The molecule has 0 aromatic carbocycles. The first-order chi connectivity index (χ1) is 22.5. The van der Waals surface area contributed by atoms with Crippen LogP contribution in [-0.2, 0) is 14.3 Å². The predicted molar refractivity (Wildman–Crippen MR) is 189 cm³/mol. The van der Waals surface area contributed by atoms with Gasteiger partial charge in [0.1, 0.15) is 11.7 Å². The lowest BCUT2D eigenvalue weighted by molar-refractivity contribution is -0.143. The SMILES string of the molecule is C=CC1=C(C)C2=NC1=CC1=NC(=CC3=C(C)C4=C(O)[C@H](C(=O)OC)C(=C5NC(=C2)[C@@H](C)[C@@H]5CCC(=O)NCCS)C4=N3)C(CC)=C1C. The second-order valence-corrected chi connectivity index (χ2v) is 12.9. The van der Waals surface area contributed by atoms with Gasteiger partial charge in [0.25, 0.3) is 0 Å². The molecule has 47 heavy (non-hydrogen) atoms. The van der Waals surface area contributed by atoms with Crippen LogP contribution < -0.4 is 10.6 Å². The Labute approximate surface area is 281 Å². The van der Waals surface area contributed by atoms with Gasteiger partial charge in [-0.1, -0.05) is 26.5 Å². The topological polar surface area (TPSA) is 125 Å². The van der Waals surface area contributed by atoms with Crippen molar-refractivity contribution in [3.05, 3.63) is 104 Å². The fourth-order valence-electron chi connectivity index (χ4n) is 7.34. The average Bonchev–Trinajstić information content (AvgIpc) is 3.79. The Kier molecular flexibility index (Phi) is 8.74. The highest BCUT2D eigenvalue weighted by atomic mass is 32.1. The number of aliphatic imine (C=N–C) groups is 3. The number of nitrogens with one attached hydrogen (secondary N) is 2. The molecule has 3 N–H and O–H groups in total.